The van der Waals surface area contributed by atoms with Gasteiger partial charge in [-0.3, -0.25) is 4.98 Å². The minimum Gasteiger partial charge on any atom is -0.381 e. The molecule has 1 unspecified atom stereocenters. The molecule has 1 aromatic heterocycles. The summed E-state index contributed by atoms with van der Waals surface area (Å²) in [6.45, 7) is 2.37. The summed E-state index contributed by atoms with van der Waals surface area (Å²) in [6, 6.07) is 4.64. The van der Waals surface area contributed by atoms with Crippen LogP contribution in [-0.2, 0) is 0 Å². The predicted molar refractivity (Wildman–Crippen MR) is 58.4 cm³/mol. The van der Waals surface area contributed by atoms with E-state index in [2.05, 4.69) is 22.2 Å². The van der Waals surface area contributed by atoms with Crippen LogP contribution in [0.4, 0.5) is 5.69 Å². The highest BCUT2D eigenvalue weighted by Crippen LogP contribution is 2.13. The van der Waals surface area contributed by atoms with Crippen molar-refractivity contribution in [2.24, 2.45) is 0 Å². The first kappa shape index (κ1) is 9.46. The van der Waals surface area contributed by atoms with Gasteiger partial charge in [-0.15, -0.1) is 0 Å². The minimum atomic E-state index is 0.594. The van der Waals surface area contributed by atoms with Gasteiger partial charge in [-0.2, -0.15) is 0 Å². The summed E-state index contributed by atoms with van der Waals surface area (Å²) < 4.78 is 0. The van der Waals surface area contributed by atoms with Crippen LogP contribution in [0.15, 0.2) is 24.5 Å². The molecule has 1 N–H and O–H groups in total. The molecule has 0 aliphatic carbocycles. The molecule has 2 rings (SSSR count). The van der Waals surface area contributed by atoms with Crippen LogP contribution >= 0.6 is 0 Å². The molecule has 1 aliphatic heterocycles. The molecule has 0 amide bonds. The Kier molecular flexibility index (Phi) is 2.99. The van der Waals surface area contributed by atoms with Crippen molar-refractivity contribution in [1.29, 1.82) is 0 Å². The monoisotopic (exact) mass is 191 g/mol. The molecule has 2 heterocycles. The molecular weight excluding hydrogens is 174 g/mol. The lowest BCUT2D eigenvalue weighted by atomic mass is 10.1. The van der Waals surface area contributed by atoms with Crippen molar-refractivity contribution < 1.29 is 0 Å². The van der Waals surface area contributed by atoms with Crippen molar-refractivity contribution in [2.45, 2.75) is 18.9 Å². The number of likely N-dealkylation sites (N-methyl/N-ethyl adjacent to an activating group) is 1. The molecule has 1 atom stereocenters. The molecule has 1 aliphatic rings. The first-order chi connectivity index (χ1) is 6.84. The van der Waals surface area contributed by atoms with Crippen molar-refractivity contribution in [1.82, 2.24) is 9.88 Å². The summed E-state index contributed by atoms with van der Waals surface area (Å²) in [7, 11) is 2.18. The van der Waals surface area contributed by atoms with Crippen molar-refractivity contribution in [3.05, 3.63) is 24.5 Å². The van der Waals surface area contributed by atoms with Gasteiger partial charge >= 0.3 is 0 Å². The van der Waals surface area contributed by atoms with Gasteiger partial charge in [0.05, 0.1) is 0 Å². The van der Waals surface area contributed by atoms with Crippen LogP contribution in [-0.4, -0.2) is 36.1 Å². The maximum Gasteiger partial charge on any atom is 0.0388 e. The summed E-state index contributed by atoms with van der Waals surface area (Å²) >= 11 is 0. The number of hydrogen-bond donors (Lipinski definition) is 1. The van der Waals surface area contributed by atoms with Gasteiger partial charge < -0.3 is 10.2 Å². The third kappa shape index (κ3) is 2.45. The lowest BCUT2D eigenvalue weighted by Crippen LogP contribution is -2.39. The molecule has 0 bridgehead atoms. The predicted octanol–water partition coefficient (Wildman–Crippen LogP) is 1.59. The van der Waals surface area contributed by atoms with E-state index in [1.165, 1.54) is 25.1 Å². The maximum atomic E-state index is 4.00. The van der Waals surface area contributed by atoms with Crippen LogP contribution in [0.2, 0.25) is 0 Å². The van der Waals surface area contributed by atoms with Crippen LogP contribution in [0, 0.1) is 0 Å². The van der Waals surface area contributed by atoms with E-state index in [4.69, 9.17) is 0 Å². The van der Waals surface area contributed by atoms with Gasteiger partial charge in [-0.05, 0) is 38.6 Å². The Morgan fingerprint density at radius 2 is 2.21 bits per heavy atom. The van der Waals surface area contributed by atoms with Crippen LogP contribution in [0.1, 0.15) is 12.8 Å². The van der Waals surface area contributed by atoms with Crippen molar-refractivity contribution in [3.8, 4) is 0 Å². The molecule has 0 aromatic carbocycles. The molecule has 76 valence electrons. The lowest BCUT2D eigenvalue weighted by molar-refractivity contribution is 0.261. The van der Waals surface area contributed by atoms with E-state index in [1.807, 2.05) is 24.5 Å². The smallest absolute Gasteiger partial charge is 0.0388 e. The van der Waals surface area contributed by atoms with Crippen LogP contribution in [0.5, 0.6) is 0 Å². The molecule has 3 nitrogen and oxygen atoms in total. The van der Waals surface area contributed by atoms with E-state index in [0.717, 1.165) is 6.54 Å². The topological polar surface area (TPSA) is 28.2 Å². The lowest BCUT2D eigenvalue weighted by Gasteiger charge is -2.30. The molecule has 14 heavy (non-hydrogen) atoms. The molecule has 0 saturated carbocycles. The molecule has 1 saturated heterocycles. The Labute approximate surface area is 85.1 Å². The Morgan fingerprint density at radius 3 is 2.93 bits per heavy atom. The Morgan fingerprint density at radius 1 is 1.43 bits per heavy atom. The van der Waals surface area contributed by atoms with E-state index >= 15 is 0 Å². The van der Waals surface area contributed by atoms with Gasteiger partial charge in [0, 0.05) is 30.7 Å². The Bertz CT molecular complexity index is 273. The highest BCUT2D eigenvalue weighted by molar-refractivity contribution is 5.41. The summed E-state index contributed by atoms with van der Waals surface area (Å²) in [4.78, 5) is 6.38. The van der Waals surface area contributed by atoms with Crippen LogP contribution in [0.3, 0.4) is 0 Å². The van der Waals surface area contributed by atoms with Crippen molar-refractivity contribution in [3.63, 3.8) is 0 Å². The summed E-state index contributed by atoms with van der Waals surface area (Å²) in [5.41, 5.74) is 1.18. The Balaban J connectivity index is 1.91. The molecular formula is C11H17N3. The highest BCUT2D eigenvalue weighted by atomic mass is 15.1. The zero-order valence-corrected chi connectivity index (χ0v) is 8.61. The summed E-state index contributed by atoms with van der Waals surface area (Å²) in [6.07, 6.45) is 6.22. The Hall–Kier alpha value is -1.09. The number of pyridine rings is 1. The zero-order valence-electron chi connectivity index (χ0n) is 8.61. The van der Waals surface area contributed by atoms with E-state index < -0.39 is 0 Å². The van der Waals surface area contributed by atoms with Gasteiger partial charge in [0.15, 0.2) is 0 Å². The molecule has 3 heteroatoms. The number of anilines is 1. The SMILES string of the molecule is CN1CCCC(Nc2ccncc2)C1. The average Bonchev–Trinajstić information content (AvgIpc) is 2.19. The second-order valence-corrected chi connectivity index (χ2v) is 3.98. The number of piperidine rings is 1. The number of likely N-dealkylation sites (tertiary alicyclic amines) is 1. The minimum absolute atomic E-state index is 0.594. The average molecular weight is 191 g/mol. The first-order valence-corrected chi connectivity index (χ1v) is 5.20. The number of aromatic nitrogens is 1. The first-order valence-electron chi connectivity index (χ1n) is 5.20. The molecule has 0 spiro atoms. The van der Waals surface area contributed by atoms with E-state index in [1.54, 1.807) is 0 Å². The van der Waals surface area contributed by atoms with Gasteiger partial charge in [0.2, 0.25) is 0 Å². The maximum absolute atomic E-state index is 4.00. The fraction of sp³-hybridized carbons (Fsp3) is 0.545. The number of nitrogens with one attached hydrogen (secondary N) is 1. The number of nitrogens with zero attached hydrogens (tertiary/aromatic N) is 2. The fourth-order valence-corrected chi connectivity index (χ4v) is 1.97. The van der Waals surface area contributed by atoms with E-state index in [0.29, 0.717) is 6.04 Å². The van der Waals surface area contributed by atoms with Gasteiger partial charge in [0.1, 0.15) is 0 Å². The van der Waals surface area contributed by atoms with Crippen LogP contribution < -0.4 is 5.32 Å². The van der Waals surface area contributed by atoms with Crippen molar-refractivity contribution >= 4 is 5.69 Å². The largest absolute Gasteiger partial charge is 0.381 e. The normalized spacial score (nSPS) is 23.4. The number of hydrogen-bond acceptors (Lipinski definition) is 3. The van der Waals surface area contributed by atoms with Gasteiger partial charge in [0.25, 0.3) is 0 Å². The molecule has 1 fully saturated rings. The van der Waals surface area contributed by atoms with E-state index in [9.17, 15) is 0 Å². The van der Waals surface area contributed by atoms with Crippen LogP contribution in [0.25, 0.3) is 0 Å². The van der Waals surface area contributed by atoms with Gasteiger partial charge in [-0.25, -0.2) is 0 Å². The van der Waals surface area contributed by atoms with E-state index in [-0.39, 0.29) is 0 Å². The summed E-state index contributed by atoms with van der Waals surface area (Å²) in [5, 5.41) is 3.53. The standard InChI is InChI=1S/C11H17N3/c1-14-8-2-3-11(9-14)13-10-4-6-12-7-5-10/h4-7,11H,2-3,8-9H2,1H3,(H,12,13). The quantitative estimate of drug-likeness (QED) is 0.769. The third-order valence-electron chi connectivity index (χ3n) is 2.68. The highest BCUT2D eigenvalue weighted by Gasteiger charge is 2.16. The molecule has 0 radical (unpaired) electrons. The van der Waals surface area contributed by atoms with Crippen molar-refractivity contribution in [2.75, 3.05) is 25.5 Å². The second-order valence-electron chi connectivity index (χ2n) is 3.98. The fourth-order valence-electron chi connectivity index (χ4n) is 1.97. The zero-order chi connectivity index (χ0) is 9.80. The summed E-state index contributed by atoms with van der Waals surface area (Å²) in [5.74, 6) is 0. The number of rotatable bonds is 2. The second kappa shape index (κ2) is 4.42. The van der Waals surface area contributed by atoms with Gasteiger partial charge in [-0.1, -0.05) is 0 Å². The third-order valence-corrected chi connectivity index (χ3v) is 2.68. The molecule has 1 aromatic rings.